The molecule has 118 valence electrons. The average molecular weight is 326 g/mol. The van der Waals surface area contributed by atoms with Crippen molar-refractivity contribution in [2.75, 3.05) is 0 Å². The first-order chi connectivity index (χ1) is 11.2. The van der Waals surface area contributed by atoms with E-state index in [-0.39, 0.29) is 5.56 Å². The molecule has 0 saturated heterocycles. The third kappa shape index (κ3) is 2.67. The van der Waals surface area contributed by atoms with Crippen molar-refractivity contribution in [3.05, 3.63) is 50.9 Å². The van der Waals surface area contributed by atoms with Crippen LogP contribution in [0.4, 0.5) is 0 Å². The molecule has 6 heteroatoms. The molecule has 23 heavy (non-hydrogen) atoms. The molecule has 3 aromatic rings. The standard InChI is InChI=1S/C17H18N4OS/c1-11-7-19-12(8-18-11)9-21-10-20-16-15(17(21)22)13-5-3-2-4-6-14(13)23-16/h7-8,10H,2-6,9H2,1H3. The van der Waals surface area contributed by atoms with Crippen molar-refractivity contribution in [3.8, 4) is 0 Å². The summed E-state index contributed by atoms with van der Waals surface area (Å²) in [5.74, 6) is 0. The highest BCUT2D eigenvalue weighted by atomic mass is 32.1. The number of aromatic nitrogens is 4. The van der Waals surface area contributed by atoms with Crippen molar-refractivity contribution in [1.82, 2.24) is 19.5 Å². The minimum atomic E-state index is 0.0526. The van der Waals surface area contributed by atoms with Gasteiger partial charge in [-0.3, -0.25) is 19.3 Å². The van der Waals surface area contributed by atoms with Crippen LogP contribution in [-0.2, 0) is 19.4 Å². The monoisotopic (exact) mass is 326 g/mol. The van der Waals surface area contributed by atoms with Gasteiger partial charge in [0, 0.05) is 11.1 Å². The van der Waals surface area contributed by atoms with Gasteiger partial charge in [0.2, 0.25) is 0 Å². The van der Waals surface area contributed by atoms with Gasteiger partial charge in [0.1, 0.15) is 4.83 Å². The maximum absolute atomic E-state index is 12.9. The summed E-state index contributed by atoms with van der Waals surface area (Å²) in [4.78, 5) is 28.3. The molecule has 0 aliphatic heterocycles. The first-order valence-electron chi connectivity index (χ1n) is 7.99. The SMILES string of the molecule is Cc1cnc(Cn2cnc3sc4c(c3c2=O)CCCCC4)cn1. The van der Waals surface area contributed by atoms with Crippen molar-refractivity contribution >= 4 is 21.6 Å². The van der Waals surface area contributed by atoms with E-state index < -0.39 is 0 Å². The molecule has 0 radical (unpaired) electrons. The van der Waals surface area contributed by atoms with Crippen LogP contribution in [0.2, 0.25) is 0 Å². The highest BCUT2D eigenvalue weighted by Crippen LogP contribution is 2.32. The number of aryl methyl sites for hydroxylation is 3. The van der Waals surface area contributed by atoms with E-state index in [0.717, 1.165) is 40.9 Å². The van der Waals surface area contributed by atoms with Gasteiger partial charge in [-0.2, -0.15) is 0 Å². The maximum atomic E-state index is 12.9. The van der Waals surface area contributed by atoms with Gasteiger partial charge >= 0.3 is 0 Å². The Labute approximate surface area is 138 Å². The molecular formula is C17H18N4OS. The molecule has 0 fully saturated rings. The predicted octanol–water partition coefficient (Wildman–Crippen LogP) is 2.87. The Morgan fingerprint density at radius 1 is 1.13 bits per heavy atom. The molecule has 4 rings (SSSR count). The number of thiophene rings is 1. The Balaban J connectivity index is 1.79. The largest absolute Gasteiger partial charge is 0.293 e. The van der Waals surface area contributed by atoms with Crippen LogP contribution in [0.1, 0.15) is 41.1 Å². The fourth-order valence-corrected chi connectivity index (χ4v) is 4.37. The lowest BCUT2D eigenvalue weighted by atomic mass is 10.1. The number of rotatable bonds is 2. The van der Waals surface area contributed by atoms with Crippen molar-refractivity contribution in [2.45, 2.75) is 45.6 Å². The molecule has 1 aliphatic carbocycles. The van der Waals surface area contributed by atoms with Gasteiger partial charge in [0.15, 0.2) is 0 Å². The van der Waals surface area contributed by atoms with Crippen molar-refractivity contribution in [3.63, 3.8) is 0 Å². The van der Waals surface area contributed by atoms with Crippen LogP contribution in [0.3, 0.4) is 0 Å². The highest BCUT2D eigenvalue weighted by Gasteiger charge is 2.19. The Kier molecular flexibility index (Phi) is 3.69. The van der Waals surface area contributed by atoms with E-state index in [2.05, 4.69) is 15.0 Å². The lowest BCUT2D eigenvalue weighted by Gasteiger charge is -2.05. The van der Waals surface area contributed by atoms with E-state index in [4.69, 9.17) is 0 Å². The lowest BCUT2D eigenvalue weighted by Crippen LogP contribution is -2.22. The summed E-state index contributed by atoms with van der Waals surface area (Å²) in [7, 11) is 0. The van der Waals surface area contributed by atoms with E-state index in [1.807, 2.05) is 6.92 Å². The summed E-state index contributed by atoms with van der Waals surface area (Å²) in [6, 6.07) is 0. The highest BCUT2D eigenvalue weighted by molar-refractivity contribution is 7.18. The topological polar surface area (TPSA) is 60.7 Å². The Bertz CT molecular complexity index is 911. The molecule has 0 N–H and O–H groups in total. The lowest BCUT2D eigenvalue weighted by molar-refractivity contribution is 0.710. The molecular weight excluding hydrogens is 308 g/mol. The van der Waals surface area contributed by atoms with Crippen LogP contribution >= 0.6 is 11.3 Å². The number of nitrogens with zero attached hydrogens (tertiary/aromatic N) is 4. The summed E-state index contributed by atoms with van der Waals surface area (Å²) in [6.45, 7) is 2.32. The zero-order chi connectivity index (χ0) is 15.8. The Morgan fingerprint density at radius 2 is 2.00 bits per heavy atom. The van der Waals surface area contributed by atoms with Gasteiger partial charge in [0.05, 0.1) is 35.8 Å². The summed E-state index contributed by atoms with van der Waals surface area (Å²) in [5, 5.41) is 0.828. The zero-order valence-corrected chi connectivity index (χ0v) is 13.9. The molecule has 0 unspecified atom stereocenters. The van der Waals surface area contributed by atoms with Crippen LogP contribution in [0.5, 0.6) is 0 Å². The third-order valence-corrected chi connectivity index (χ3v) is 5.56. The van der Waals surface area contributed by atoms with Gasteiger partial charge in [-0.1, -0.05) is 6.42 Å². The first-order valence-corrected chi connectivity index (χ1v) is 8.81. The van der Waals surface area contributed by atoms with E-state index in [1.54, 1.807) is 34.6 Å². The van der Waals surface area contributed by atoms with Crippen LogP contribution in [0, 0.1) is 6.92 Å². The van der Waals surface area contributed by atoms with E-state index >= 15 is 0 Å². The second-order valence-corrected chi connectivity index (χ2v) is 7.15. The van der Waals surface area contributed by atoms with Gasteiger partial charge < -0.3 is 0 Å². The summed E-state index contributed by atoms with van der Waals surface area (Å²) in [5.41, 5.74) is 2.94. The maximum Gasteiger partial charge on any atom is 0.262 e. The van der Waals surface area contributed by atoms with Crippen LogP contribution in [0.15, 0.2) is 23.5 Å². The Morgan fingerprint density at radius 3 is 2.83 bits per heavy atom. The van der Waals surface area contributed by atoms with E-state index in [0.29, 0.717) is 6.54 Å². The normalized spacial score (nSPS) is 14.7. The smallest absolute Gasteiger partial charge is 0.262 e. The molecule has 0 saturated carbocycles. The second-order valence-electron chi connectivity index (χ2n) is 6.07. The number of fused-ring (bicyclic) bond motifs is 3. The van der Waals surface area contributed by atoms with Crippen molar-refractivity contribution < 1.29 is 0 Å². The molecule has 0 spiro atoms. The molecule has 0 bridgehead atoms. The second kappa shape index (κ2) is 5.85. The molecule has 3 heterocycles. The van der Waals surface area contributed by atoms with E-state index in [9.17, 15) is 4.79 Å². The van der Waals surface area contributed by atoms with E-state index in [1.165, 1.54) is 23.3 Å². The molecule has 3 aromatic heterocycles. The molecule has 0 aromatic carbocycles. The van der Waals surface area contributed by atoms with Crippen molar-refractivity contribution in [2.24, 2.45) is 0 Å². The minimum absolute atomic E-state index is 0.0526. The number of hydrogen-bond acceptors (Lipinski definition) is 5. The summed E-state index contributed by atoms with van der Waals surface area (Å²) >= 11 is 1.69. The average Bonchev–Trinajstić information content (AvgIpc) is 2.75. The van der Waals surface area contributed by atoms with Gasteiger partial charge in [0.25, 0.3) is 5.56 Å². The quantitative estimate of drug-likeness (QED) is 0.679. The summed E-state index contributed by atoms with van der Waals surface area (Å²) in [6.07, 6.45) is 10.8. The Hall–Kier alpha value is -2.08. The molecule has 0 atom stereocenters. The van der Waals surface area contributed by atoms with Crippen LogP contribution in [-0.4, -0.2) is 19.5 Å². The van der Waals surface area contributed by atoms with Crippen LogP contribution < -0.4 is 5.56 Å². The van der Waals surface area contributed by atoms with Crippen molar-refractivity contribution in [1.29, 1.82) is 0 Å². The molecule has 0 amide bonds. The fraction of sp³-hybridized carbons (Fsp3) is 0.412. The third-order valence-electron chi connectivity index (χ3n) is 4.36. The number of hydrogen-bond donors (Lipinski definition) is 0. The zero-order valence-electron chi connectivity index (χ0n) is 13.1. The predicted molar refractivity (Wildman–Crippen MR) is 91.0 cm³/mol. The first kappa shape index (κ1) is 14.5. The fourth-order valence-electron chi connectivity index (χ4n) is 3.15. The minimum Gasteiger partial charge on any atom is -0.293 e. The summed E-state index contributed by atoms with van der Waals surface area (Å²) < 4.78 is 1.65. The van der Waals surface area contributed by atoms with Crippen LogP contribution in [0.25, 0.3) is 10.2 Å². The van der Waals surface area contributed by atoms with Gasteiger partial charge in [-0.25, -0.2) is 4.98 Å². The molecule has 5 nitrogen and oxygen atoms in total. The van der Waals surface area contributed by atoms with Gasteiger partial charge in [-0.05, 0) is 38.2 Å². The van der Waals surface area contributed by atoms with Gasteiger partial charge in [-0.15, -0.1) is 11.3 Å². The molecule has 1 aliphatic rings.